The smallest absolute Gasteiger partial charge is 0.247 e. The van der Waals surface area contributed by atoms with E-state index in [0.717, 1.165) is 24.4 Å². The fourth-order valence-electron chi connectivity index (χ4n) is 4.04. The predicted octanol–water partition coefficient (Wildman–Crippen LogP) is 4.53. The first kappa shape index (κ1) is 19.7. The van der Waals surface area contributed by atoms with Crippen LogP contribution in [0.3, 0.4) is 0 Å². The molecular formula is C22H32N4O. The summed E-state index contributed by atoms with van der Waals surface area (Å²) in [5, 5.41) is 12.1. The second-order valence-electron chi connectivity index (χ2n) is 8.42. The van der Waals surface area contributed by atoms with Gasteiger partial charge in [-0.3, -0.25) is 4.98 Å². The quantitative estimate of drug-likeness (QED) is 0.728. The van der Waals surface area contributed by atoms with E-state index in [0.29, 0.717) is 35.6 Å². The zero-order valence-corrected chi connectivity index (χ0v) is 17.1. The summed E-state index contributed by atoms with van der Waals surface area (Å²) in [6.45, 7) is 12.4. The largest absolute Gasteiger partial charge is 0.421 e. The standard InChI is InChI=1S/C22H32N4O/c1-14(2)20-11-18(16(5)10-19(20)13-24-15(3)4)12-21-25-26-22(27-21)17-6-8-23-9-7-17/h6-10,14-15,18-20,24H,11-13H2,1-5H3/t18-,19-,20-/m0/s1. The monoisotopic (exact) mass is 368 g/mol. The van der Waals surface area contributed by atoms with Crippen LogP contribution in [0.5, 0.6) is 0 Å². The van der Waals surface area contributed by atoms with Crippen molar-refractivity contribution < 1.29 is 4.42 Å². The molecule has 3 rings (SSSR count). The Morgan fingerprint density at radius 1 is 1.15 bits per heavy atom. The number of nitrogens with one attached hydrogen (secondary N) is 1. The first-order chi connectivity index (χ1) is 12.9. The van der Waals surface area contributed by atoms with Crippen molar-refractivity contribution in [3.8, 4) is 11.5 Å². The SMILES string of the molecule is CC1=C[C@@H](CNC(C)C)[C@H](C(C)C)C[C@H]1Cc1nnc(-c2ccncc2)o1. The maximum atomic E-state index is 5.93. The predicted molar refractivity (Wildman–Crippen MR) is 108 cm³/mol. The molecule has 1 aliphatic carbocycles. The highest BCUT2D eigenvalue weighted by atomic mass is 16.4. The molecule has 1 N–H and O–H groups in total. The molecule has 0 fully saturated rings. The summed E-state index contributed by atoms with van der Waals surface area (Å²) in [4.78, 5) is 4.04. The van der Waals surface area contributed by atoms with E-state index in [9.17, 15) is 0 Å². The molecule has 2 aromatic heterocycles. The second kappa shape index (κ2) is 8.79. The van der Waals surface area contributed by atoms with Gasteiger partial charge in [-0.15, -0.1) is 10.2 Å². The van der Waals surface area contributed by atoms with Crippen LogP contribution >= 0.6 is 0 Å². The summed E-state index contributed by atoms with van der Waals surface area (Å²) < 4.78 is 5.93. The molecule has 0 saturated heterocycles. The van der Waals surface area contributed by atoms with Crippen LogP contribution in [0, 0.1) is 23.7 Å². The molecule has 1 aliphatic rings. The molecule has 146 valence electrons. The molecule has 0 radical (unpaired) electrons. The fourth-order valence-corrected chi connectivity index (χ4v) is 4.04. The van der Waals surface area contributed by atoms with Crippen LogP contribution < -0.4 is 5.32 Å². The molecule has 3 atom stereocenters. The molecule has 0 aromatic carbocycles. The Hall–Kier alpha value is -2.01. The summed E-state index contributed by atoms with van der Waals surface area (Å²) in [6, 6.07) is 4.31. The minimum absolute atomic E-state index is 0.471. The van der Waals surface area contributed by atoms with Crippen LogP contribution in [0.25, 0.3) is 11.5 Å². The molecule has 27 heavy (non-hydrogen) atoms. The van der Waals surface area contributed by atoms with Gasteiger partial charge in [-0.25, -0.2) is 0 Å². The van der Waals surface area contributed by atoms with Gasteiger partial charge in [-0.05, 0) is 49.1 Å². The molecule has 0 bridgehead atoms. The van der Waals surface area contributed by atoms with Crippen molar-refractivity contribution in [1.29, 1.82) is 0 Å². The van der Waals surface area contributed by atoms with Crippen molar-refractivity contribution in [3.63, 3.8) is 0 Å². The maximum Gasteiger partial charge on any atom is 0.247 e. The van der Waals surface area contributed by atoms with Gasteiger partial charge >= 0.3 is 0 Å². The van der Waals surface area contributed by atoms with Gasteiger partial charge in [0, 0.05) is 37.0 Å². The van der Waals surface area contributed by atoms with E-state index in [1.807, 2.05) is 12.1 Å². The van der Waals surface area contributed by atoms with Crippen molar-refractivity contribution in [1.82, 2.24) is 20.5 Å². The second-order valence-corrected chi connectivity index (χ2v) is 8.42. The molecule has 0 aliphatic heterocycles. The van der Waals surface area contributed by atoms with Gasteiger partial charge in [0.25, 0.3) is 0 Å². The molecule has 0 amide bonds. The Labute approximate surface area is 162 Å². The van der Waals surface area contributed by atoms with E-state index in [1.54, 1.807) is 12.4 Å². The molecule has 0 unspecified atom stereocenters. The molecule has 2 heterocycles. The van der Waals surface area contributed by atoms with Crippen molar-refractivity contribution >= 4 is 0 Å². The van der Waals surface area contributed by atoms with Crippen molar-refractivity contribution in [2.24, 2.45) is 23.7 Å². The topological polar surface area (TPSA) is 63.8 Å². The zero-order valence-electron chi connectivity index (χ0n) is 17.1. The lowest BCUT2D eigenvalue weighted by molar-refractivity contribution is 0.216. The number of pyridine rings is 1. The van der Waals surface area contributed by atoms with Gasteiger partial charge in [0.1, 0.15) is 0 Å². The van der Waals surface area contributed by atoms with Crippen LogP contribution in [-0.4, -0.2) is 27.8 Å². The fraction of sp³-hybridized carbons (Fsp3) is 0.591. The first-order valence-electron chi connectivity index (χ1n) is 10.1. The molecule has 0 saturated carbocycles. The van der Waals surface area contributed by atoms with Crippen LogP contribution in [0.15, 0.2) is 40.6 Å². The Kier molecular flexibility index (Phi) is 6.42. The normalized spacial score (nSPS) is 23.1. The Morgan fingerprint density at radius 3 is 2.56 bits per heavy atom. The van der Waals surface area contributed by atoms with E-state index in [1.165, 1.54) is 12.0 Å². The molecular weight excluding hydrogens is 336 g/mol. The number of hydrogen-bond donors (Lipinski definition) is 1. The molecule has 5 heteroatoms. The van der Waals surface area contributed by atoms with Gasteiger partial charge in [0.05, 0.1) is 0 Å². The minimum atomic E-state index is 0.471. The number of allylic oxidation sites excluding steroid dienone is 1. The number of nitrogens with zero attached hydrogens (tertiary/aromatic N) is 3. The summed E-state index contributed by atoms with van der Waals surface area (Å²) >= 11 is 0. The highest BCUT2D eigenvalue weighted by molar-refractivity contribution is 5.50. The Bertz CT molecular complexity index is 751. The van der Waals surface area contributed by atoms with E-state index in [4.69, 9.17) is 4.42 Å². The van der Waals surface area contributed by atoms with Gasteiger partial charge in [0.2, 0.25) is 11.8 Å². The van der Waals surface area contributed by atoms with Crippen LogP contribution in [-0.2, 0) is 6.42 Å². The average molecular weight is 369 g/mol. The highest BCUT2D eigenvalue weighted by Crippen LogP contribution is 2.38. The van der Waals surface area contributed by atoms with Gasteiger partial charge in [-0.1, -0.05) is 39.3 Å². The summed E-state index contributed by atoms with van der Waals surface area (Å²) in [7, 11) is 0. The summed E-state index contributed by atoms with van der Waals surface area (Å²) in [5.41, 5.74) is 2.37. The number of rotatable bonds is 7. The van der Waals surface area contributed by atoms with Crippen molar-refractivity contribution in [3.05, 3.63) is 42.1 Å². The first-order valence-corrected chi connectivity index (χ1v) is 10.1. The molecule has 5 nitrogen and oxygen atoms in total. The van der Waals surface area contributed by atoms with Gasteiger partial charge in [-0.2, -0.15) is 0 Å². The molecule has 0 spiro atoms. The maximum absolute atomic E-state index is 5.93. The van der Waals surface area contributed by atoms with Crippen LogP contribution in [0.2, 0.25) is 0 Å². The third kappa shape index (κ3) is 5.04. The van der Waals surface area contributed by atoms with E-state index in [2.05, 4.69) is 61.2 Å². The highest BCUT2D eigenvalue weighted by Gasteiger charge is 2.32. The van der Waals surface area contributed by atoms with E-state index < -0.39 is 0 Å². The third-order valence-electron chi connectivity index (χ3n) is 5.66. The third-order valence-corrected chi connectivity index (χ3v) is 5.66. The lowest BCUT2D eigenvalue weighted by Crippen LogP contribution is -2.37. The van der Waals surface area contributed by atoms with Crippen molar-refractivity contribution in [2.75, 3.05) is 6.54 Å². The van der Waals surface area contributed by atoms with E-state index >= 15 is 0 Å². The number of hydrogen-bond acceptors (Lipinski definition) is 5. The summed E-state index contributed by atoms with van der Waals surface area (Å²) in [6.07, 6.45) is 7.96. The van der Waals surface area contributed by atoms with Crippen LogP contribution in [0.1, 0.15) is 46.9 Å². The zero-order chi connectivity index (χ0) is 19.4. The van der Waals surface area contributed by atoms with Gasteiger partial charge in [0.15, 0.2) is 0 Å². The lowest BCUT2D eigenvalue weighted by atomic mass is 9.70. The van der Waals surface area contributed by atoms with Crippen molar-refractivity contribution in [2.45, 2.75) is 53.5 Å². The van der Waals surface area contributed by atoms with E-state index in [-0.39, 0.29) is 0 Å². The number of aromatic nitrogens is 3. The average Bonchev–Trinajstić information content (AvgIpc) is 3.11. The Morgan fingerprint density at radius 2 is 1.89 bits per heavy atom. The lowest BCUT2D eigenvalue weighted by Gasteiger charge is -2.37. The van der Waals surface area contributed by atoms with Crippen LogP contribution in [0.4, 0.5) is 0 Å². The van der Waals surface area contributed by atoms with Gasteiger partial charge < -0.3 is 9.73 Å². The molecule has 2 aromatic rings. The minimum Gasteiger partial charge on any atom is -0.421 e. The Balaban J connectivity index is 1.71. The summed E-state index contributed by atoms with van der Waals surface area (Å²) in [5.74, 6) is 3.70.